The highest BCUT2D eigenvalue weighted by atomic mass is 32.1. The molecule has 0 amide bonds. The van der Waals surface area contributed by atoms with Gasteiger partial charge in [0.15, 0.2) is 0 Å². The number of aromatic nitrogens is 1. The molecule has 0 saturated carbocycles. The fourth-order valence-corrected chi connectivity index (χ4v) is 2.59. The van der Waals surface area contributed by atoms with Crippen LogP contribution in [0.3, 0.4) is 0 Å². The third-order valence-electron chi connectivity index (χ3n) is 2.69. The minimum Gasteiger partial charge on any atom is -0.324 e. The molecular formula is C14H16N2OS. The number of Topliss-reactive ketones (excluding diaryl/α,β-unsaturated/α-hetero) is 1. The summed E-state index contributed by atoms with van der Waals surface area (Å²) in [6, 6.07) is 9.49. The van der Waals surface area contributed by atoms with E-state index in [1.54, 1.807) is 0 Å². The molecule has 0 bridgehead atoms. The van der Waals surface area contributed by atoms with Crippen LogP contribution in [0.2, 0.25) is 0 Å². The number of carbonyl (C=O) groups is 1. The summed E-state index contributed by atoms with van der Waals surface area (Å²) >= 11 is 1.53. The maximum atomic E-state index is 11.9. The van der Waals surface area contributed by atoms with Crippen LogP contribution in [-0.2, 0) is 11.2 Å². The van der Waals surface area contributed by atoms with E-state index < -0.39 is 0 Å². The van der Waals surface area contributed by atoms with Crippen molar-refractivity contribution in [3.05, 3.63) is 52.0 Å². The molecule has 18 heavy (non-hydrogen) atoms. The van der Waals surface area contributed by atoms with Gasteiger partial charge in [-0.3, -0.25) is 4.79 Å². The number of benzene rings is 1. The number of rotatable bonds is 5. The van der Waals surface area contributed by atoms with E-state index in [1.807, 2.05) is 42.6 Å². The number of hydrogen-bond donors (Lipinski definition) is 1. The van der Waals surface area contributed by atoms with Crippen LogP contribution in [0.4, 0.5) is 0 Å². The van der Waals surface area contributed by atoms with E-state index in [2.05, 4.69) is 4.98 Å². The van der Waals surface area contributed by atoms with Crippen LogP contribution < -0.4 is 5.73 Å². The summed E-state index contributed by atoms with van der Waals surface area (Å²) in [4.78, 5) is 16.2. The van der Waals surface area contributed by atoms with Crippen LogP contribution in [-0.4, -0.2) is 10.8 Å². The minimum atomic E-state index is -0.222. The zero-order chi connectivity index (χ0) is 13.0. The first-order valence-electron chi connectivity index (χ1n) is 5.88. The van der Waals surface area contributed by atoms with Gasteiger partial charge < -0.3 is 5.73 Å². The Morgan fingerprint density at radius 2 is 2.11 bits per heavy atom. The second-order valence-electron chi connectivity index (χ2n) is 4.32. The number of ketones is 1. The molecule has 1 atom stereocenters. The van der Waals surface area contributed by atoms with Gasteiger partial charge in [0.1, 0.15) is 10.8 Å². The molecule has 0 aliphatic rings. The summed E-state index contributed by atoms with van der Waals surface area (Å²) in [6.07, 6.45) is 0.752. The average molecular weight is 260 g/mol. The summed E-state index contributed by atoms with van der Waals surface area (Å²) in [5.41, 5.74) is 7.99. The Bertz CT molecular complexity index is 522. The molecule has 94 valence electrons. The van der Waals surface area contributed by atoms with E-state index in [0.717, 1.165) is 16.3 Å². The molecule has 2 rings (SSSR count). The molecule has 1 heterocycles. The van der Waals surface area contributed by atoms with E-state index >= 15 is 0 Å². The quantitative estimate of drug-likeness (QED) is 0.899. The third-order valence-corrected chi connectivity index (χ3v) is 3.66. The van der Waals surface area contributed by atoms with Gasteiger partial charge in [-0.25, -0.2) is 4.98 Å². The second kappa shape index (κ2) is 5.89. The first kappa shape index (κ1) is 12.9. The minimum absolute atomic E-state index is 0.140. The maximum Gasteiger partial charge on any atom is 0.141 e. The summed E-state index contributed by atoms with van der Waals surface area (Å²) in [5, 5.41) is 2.83. The van der Waals surface area contributed by atoms with Crippen LogP contribution in [0.1, 0.15) is 28.7 Å². The lowest BCUT2D eigenvalue weighted by molar-refractivity contribution is -0.118. The number of carbonyl (C=O) groups excluding carboxylic acids is 1. The van der Waals surface area contributed by atoms with Crippen LogP contribution in [0.15, 0.2) is 35.7 Å². The average Bonchev–Trinajstić information content (AvgIpc) is 2.75. The largest absolute Gasteiger partial charge is 0.324 e. The number of hydrogen-bond acceptors (Lipinski definition) is 4. The van der Waals surface area contributed by atoms with Crippen molar-refractivity contribution < 1.29 is 4.79 Å². The van der Waals surface area contributed by atoms with Crippen molar-refractivity contribution in [2.75, 3.05) is 0 Å². The summed E-state index contributed by atoms with van der Waals surface area (Å²) < 4.78 is 0. The molecule has 0 aliphatic heterocycles. The van der Waals surface area contributed by atoms with Gasteiger partial charge in [-0.1, -0.05) is 30.3 Å². The Balaban J connectivity index is 1.92. The normalized spacial score (nSPS) is 12.3. The van der Waals surface area contributed by atoms with E-state index in [9.17, 15) is 4.79 Å². The Hall–Kier alpha value is -1.52. The monoisotopic (exact) mass is 260 g/mol. The van der Waals surface area contributed by atoms with Gasteiger partial charge in [0.25, 0.3) is 0 Å². The van der Waals surface area contributed by atoms with Crippen molar-refractivity contribution in [2.45, 2.75) is 25.8 Å². The highest BCUT2D eigenvalue weighted by Crippen LogP contribution is 2.16. The smallest absolute Gasteiger partial charge is 0.141 e. The maximum absolute atomic E-state index is 11.9. The predicted molar refractivity (Wildman–Crippen MR) is 73.5 cm³/mol. The number of aryl methyl sites for hydroxylation is 1. The molecule has 0 radical (unpaired) electrons. The molecule has 3 nitrogen and oxygen atoms in total. The molecule has 0 saturated heterocycles. The second-order valence-corrected chi connectivity index (χ2v) is 5.26. The topological polar surface area (TPSA) is 56.0 Å². The molecule has 0 fully saturated rings. The Morgan fingerprint density at radius 3 is 2.72 bits per heavy atom. The van der Waals surface area contributed by atoms with Gasteiger partial charge >= 0.3 is 0 Å². The standard InChI is InChI=1S/C14H16N2OS/c1-10-9-18-14(16-10)8-12(17)7-13(15)11-5-3-2-4-6-11/h2-6,9,13H,7-8,15H2,1H3. The fraction of sp³-hybridized carbons (Fsp3) is 0.286. The summed E-state index contributed by atoms with van der Waals surface area (Å²) in [5.74, 6) is 0.140. The first-order chi connectivity index (χ1) is 8.65. The highest BCUT2D eigenvalue weighted by molar-refractivity contribution is 7.09. The molecule has 2 aromatic rings. The Kier molecular flexibility index (Phi) is 4.23. The van der Waals surface area contributed by atoms with Gasteiger partial charge in [-0.05, 0) is 12.5 Å². The van der Waals surface area contributed by atoms with Crippen molar-refractivity contribution in [2.24, 2.45) is 5.73 Å². The van der Waals surface area contributed by atoms with Crippen LogP contribution >= 0.6 is 11.3 Å². The van der Waals surface area contributed by atoms with Crippen molar-refractivity contribution in [1.29, 1.82) is 0 Å². The molecule has 2 N–H and O–H groups in total. The number of thiazole rings is 1. The molecule has 1 aromatic heterocycles. The van der Waals surface area contributed by atoms with Crippen molar-refractivity contribution in [3.8, 4) is 0 Å². The van der Waals surface area contributed by atoms with Gasteiger partial charge in [0.2, 0.25) is 0 Å². The van der Waals surface area contributed by atoms with E-state index in [-0.39, 0.29) is 11.8 Å². The van der Waals surface area contributed by atoms with Gasteiger partial charge in [-0.2, -0.15) is 0 Å². The highest BCUT2D eigenvalue weighted by Gasteiger charge is 2.13. The third kappa shape index (κ3) is 3.48. The SMILES string of the molecule is Cc1csc(CC(=O)CC(N)c2ccccc2)n1. The fourth-order valence-electron chi connectivity index (χ4n) is 1.79. The molecule has 0 spiro atoms. The number of nitrogens with zero attached hydrogens (tertiary/aromatic N) is 1. The molecule has 1 unspecified atom stereocenters. The predicted octanol–water partition coefficient (Wildman–Crippen LogP) is 2.65. The molecule has 1 aromatic carbocycles. The van der Waals surface area contributed by atoms with Crippen molar-refractivity contribution >= 4 is 17.1 Å². The Labute approximate surface area is 111 Å². The van der Waals surface area contributed by atoms with E-state index in [4.69, 9.17) is 5.73 Å². The number of nitrogens with two attached hydrogens (primary N) is 1. The van der Waals surface area contributed by atoms with Gasteiger partial charge in [0.05, 0.1) is 6.42 Å². The van der Waals surface area contributed by atoms with E-state index in [1.165, 1.54) is 11.3 Å². The van der Waals surface area contributed by atoms with Crippen LogP contribution in [0, 0.1) is 6.92 Å². The molecule has 0 aliphatic carbocycles. The summed E-state index contributed by atoms with van der Waals surface area (Å²) in [7, 11) is 0. The van der Waals surface area contributed by atoms with Gasteiger partial charge in [0, 0.05) is 23.5 Å². The molecule has 4 heteroatoms. The lowest BCUT2D eigenvalue weighted by atomic mass is 10.0. The Morgan fingerprint density at radius 1 is 1.39 bits per heavy atom. The lowest BCUT2D eigenvalue weighted by Gasteiger charge is -2.10. The van der Waals surface area contributed by atoms with Gasteiger partial charge in [-0.15, -0.1) is 11.3 Å². The molecular weight excluding hydrogens is 244 g/mol. The summed E-state index contributed by atoms with van der Waals surface area (Å²) in [6.45, 7) is 1.93. The lowest BCUT2D eigenvalue weighted by Crippen LogP contribution is -2.16. The zero-order valence-electron chi connectivity index (χ0n) is 10.3. The van der Waals surface area contributed by atoms with Crippen molar-refractivity contribution in [3.63, 3.8) is 0 Å². The van der Waals surface area contributed by atoms with Crippen LogP contribution in [0.5, 0.6) is 0 Å². The van der Waals surface area contributed by atoms with Crippen molar-refractivity contribution in [1.82, 2.24) is 4.98 Å². The zero-order valence-corrected chi connectivity index (χ0v) is 11.1. The first-order valence-corrected chi connectivity index (χ1v) is 6.76. The van der Waals surface area contributed by atoms with E-state index in [0.29, 0.717) is 12.8 Å². The van der Waals surface area contributed by atoms with Crippen LogP contribution in [0.25, 0.3) is 0 Å².